The second-order valence-corrected chi connectivity index (χ2v) is 6.80. The lowest BCUT2D eigenvalue weighted by molar-refractivity contribution is 0.0938. The summed E-state index contributed by atoms with van der Waals surface area (Å²) in [4.78, 5) is 16.0. The van der Waals surface area contributed by atoms with Crippen molar-refractivity contribution in [1.82, 2.24) is 10.3 Å². The van der Waals surface area contributed by atoms with Gasteiger partial charge in [0, 0.05) is 16.9 Å². The molecule has 2 atom stereocenters. The Morgan fingerprint density at radius 3 is 2.74 bits per heavy atom. The smallest absolute Gasteiger partial charge is 0.251 e. The maximum atomic E-state index is 12.2. The summed E-state index contributed by atoms with van der Waals surface area (Å²) in [5.74, 6) is 0.948. The molecule has 0 aromatic carbocycles. The van der Waals surface area contributed by atoms with E-state index in [1.165, 1.54) is 12.8 Å². The van der Waals surface area contributed by atoms with Crippen molar-refractivity contribution in [3.05, 3.63) is 28.0 Å². The molecule has 1 aromatic rings. The van der Waals surface area contributed by atoms with Gasteiger partial charge in [0.2, 0.25) is 0 Å². The minimum atomic E-state index is -0.125. The third kappa shape index (κ3) is 4.01. The molecule has 0 radical (unpaired) electrons. The number of pyridine rings is 1. The number of amides is 1. The van der Waals surface area contributed by atoms with Crippen molar-refractivity contribution in [2.45, 2.75) is 37.5 Å². The molecule has 0 saturated heterocycles. The molecular formula is C13H16Cl2N2OS. The molecule has 1 heterocycles. The molecular weight excluding hydrogens is 303 g/mol. The van der Waals surface area contributed by atoms with Crippen molar-refractivity contribution >= 4 is 40.9 Å². The summed E-state index contributed by atoms with van der Waals surface area (Å²) in [6.45, 7) is 2.14. The lowest BCUT2D eigenvalue weighted by atomic mass is 10.2. The van der Waals surface area contributed by atoms with Crippen LogP contribution in [-0.2, 0) is 0 Å². The van der Waals surface area contributed by atoms with Crippen molar-refractivity contribution in [2.75, 3.05) is 5.75 Å². The van der Waals surface area contributed by atoms with E-state index < -0.39 is 0 Å². The van der Waals surface area contributed by atoms with Gasteiger partial charge in [-0.25, -0.2) is 4.98 Å². The van der Waals surface area contributed by atoms with Crippen LogP contribution in [0.5, 0.6) is 0 Å². The second-order valence-electron chi connectivity index (χ2n) is 4.51. The summed E-state index contributed by atoms with van der Waals surface area (Å²) in [5.41, 5.74) is 0.470. The monoisotopic (exact) mass is 318 g/mol. The molecule has 1 aromatic heterocycles. The highest BCUT2D eigenvalue weighted by Gasteiger charge is 2.28. The zero-order valence-corrected chi connectivity index (χ0v) is 13.0. The van der Waals surface area contributed by atoms with Crippen LogP contribution in [0.15, 0.2) is 12.1 Å². The summed E-state index contributed by atoms with van der Waals surface area (Å²) in [5, 5.41) is 4.07. The number of nitrogens with zero attached hydrogens (tertiary/aromatic N) is 1. The van der Waals surface area contributed by atoms with Crippen LogP contribution in [0.1, 0.15) is 36.5 Å². The maximum absolute atomic E-state index is 12.2. The van der Waals surface area contributed by atoms with Crippen molar-refractivity contribution in [3.8, 4) is 0 Å². The molecule has 2 rings (SSSR count). The van der Waals surface area contributed by atoms with Gasteiger partial charge in [0.1, 0.15) is 10.3 Å². The summed E-state index contributed by atoms with van der Waals surface area (Å²) < 4.78 is 0. The fraction of sp³-hybridized carbons (Fsp3) is 0.538. The first-order chi connectivity index (χ1) is 9.10. The predicted molar refractivity (Wildman–Crippen MR) is 81.3 cm³/mol. The predicted octanol–water partition coefficient (Wildman–Crippen LogP) is 3.79. The lowest BCUT2D eigenvalue weighted by Gasteiger charge is -2.20. The Kier molecular flexibility index (Phi) is 5.37. The molecule has 104 valence electrons. The van der Waals surface area contributed by atoms with Crippen molar-refractivity contribution in [3.63, 3.8) is 0 Å². The highest BCUT2D eigenvalue weighted by molar-refractivity contribution is 7.99. The van der Waals surface area contributed by atoms with E-state index in [-0.39, 0.29) is 22.3 Å². The van der Waals surface area contributed by atoms with E-state index in [1.54, 1.807) is 12.1 Å². The Balaban J connectivity index is 2.04. The summed E-state index contributed by atoms with van der Waals surface area (Å²) in [7, 11) is 0. The molecule has 2 unspecified atom stereocenters. The quantitative estimate of drug-likeness (QED) is 0.859. The normalized spacial score (nSPS) is 22.5. The first-order valence-electron chi connectivity index (χ1n) is 6.35. The zero-order valence-electron chi connectivity index (χ0n) is 10.7. The molecule has 1 saturated carbocycles. The van der Waals surface area contributed by atoms with Gasteiger partial charge in [-0.1, -0.05) is 36.5 Å². The van der Waals surface area contributed by atoms with Crippen LogP contribution in [0.2, 0.25) is 10.3 Å². The van der Waals surface area contributed by atoms with E-state index in [0.717, 1.165) is 12.2 Å². The molecule has 0 spiro atoms. The van der Waals surface area contributed by atoms with Gasteiger partial charge in [-0.05, 0) is 30.7 Å². The molecule has 1 amide bonds. The van der Waals surface area contributed by atoms with Crippen LogP contribution in [0, 0.1) is 0 Å². The van der Waals surface area contributed by atoms with Crippen LogP contribution < -0.4 is 5.32 Å². The number of carbonyl (C=O) groups is 1. The van der Waals surface area contributed by atoms with E-state index in [4.69, 9.17) is 23.2 Å². The maximum Gasteiger partial charge on any atom is 0.251 e. The van der Waals surface area contributed by atoms with E-state index in [2.05, 4.69) is 17.2 Å². The van der Waals surface area contributed by atoms with E-state index in [1.807, 2.05) is 11.8 Å². The van der Waals surface area contributed by atoms with Crippen LogP contribution in [0.4, 0.5) is 0 Å². The highest BCUT2D eigenvalue weighted by Crippen LogP contribution is 2.30. The summed E-state index contributed by atoms with van der Waals surface area (Å²) in [6.07, 6.45) is 3.37. The molecule has 1 fully saturated rings. The van der Waals surface area contributed by atoms with Gasteiger partial charge < -0.3 is 5.32 Å². The van der Waals surface area contributed by atoms with Gasteiger partial charge in [0.25, 0.3) is 5.91 Å². The third-order valence-corrected chi connectivity index (χ3v) is 4.89. The number of carbonyl (C=O) groups excluding carboxylic acids is 1. The first-order valence-corrected chi connectivity index (χ1v) is 8.16. The molecule has 1 N–H and O–H groups in total. The minimum Gasteiger partial charge on any atom is -0.348 e. The zero-order chi connectivity index (χ0) is 13.8. The van der Waals surface area contributed by atoms with E-state index in [9.17, 15) is 4.79 Å². The fourth-order valence-electron chi connectivity index (χ4n) is 2.35. The number of thioether (sulfide) groups is 1. The van der Waals surface area contributed by atoms with Crippen molar-refractivity contribution in [2.24, 2.45) is 0 Å². The van der Waals surface area contributed by atoms with Gasteiger partial charge in [-0.2, -0.15) is 11.8 Å². The number of nitrogens with one attached hydrogen (secondary N) is 1. The number of aromatic nitrogens is 1. The Bertz CT molecular complexity index is 450. The molecule has 3 nitrogen and oxygen atoms in total. The number of hydrogen-bond acceptors (Lipinski definition) is 3. The summed E-state index contributed by atoms with van der Waals surface area (Å²) >= 11 is 13.5. The van der Waals surface area contributed by atoms with Crippen LogP contribution in [-0.4, -0.2) is 27.9 Å². The minimum absolute atomic E-state index is 0.125. The Labute approximate surface area is 127 Å². The van der Waals surface area contributed by atoms with Gasteiger partial charge in [-0.15, -0.1) is 0 Å². The van der Waals surface area contributed by atoms with Gasteiger partial charge in [0.05, 0.1) is 0 Å². The number of rotatable bonds is 4. The van der Waals surface area contributed by atoms with Gasteiger partial charge in [0.15, 0.2) is 0 Å². The van der Waals surface area contributed by atoms with Gasteiger partial charge in [-0.3, -0.25) is 4.79 Å². The Morgan fingerprint density at radius 1 is 1.42 bits per heavy atom. The largest absolute Gasteiger partial charge is 0.348 e. The molecule has 6 heteroatoms. The molecule has 19 heavy (non-hydrogen) atoms. The van der Waals surface area contributed by atoms with E-state index >= 15 is 0 Å². The van der Waals surface area contributed by atoms with Crippen molar-refractivity contribution < 1.29 is 4.79 Å². The van der Waals surface area contributed by atoms with E-state index in [0.29, 0.717) is 10.8 Å². The highest BCUT2D eigenvalue weighted by atomic mass is 35.5. The third-order valence-electron chi connectivity index (χ3n) is 3.17. The van der Waals surface area contributed by atoms with Gasteiger partial charge >= 0.3 is 0 Å². The average molecular weight is 319 g/mol. The molecule has 1 aliphatic carbocycles. The molecule has 0 bridgehead atoms. The van der Waals surface area contributed by atoms with Crippen molar-refractivity contribution in [1.29, 1.82) is 0 Å². The summed E-state index contributed by atoms with van der Waals surface area (Å²) in [6, 6.07) is 3.32. The molecule has 0 aliphatic heterocycles. The Morgan fingerprint density at radius 2 is 2.11 bits per heavy atom. The fourth-order valence-corrected chi connectivity index (χ4v) is 4.01. The molecule has 1 aliphatic rings. The lowest BCUT2D eigenvalue weighted by Crippen LogP contribution is -2.38. The second kappa shape index (κ2) is 6.82. The SMILES string of the molecule is CCSC1CCCC1NC(=O)c1cc(Cl)nc(Cl)c1. The number of halogens is 2. The average Bonchev–Trinajstić information content (AvgIpc) is 2.76. The van der Waals surface area contributed by atoms with Crippen LogP contribution in [0.3, 0.4) is 0 Å². The van der Waals surface area contributed by atoms with Crippen LogP contribution in [0.25, 0.3) is 0 Å². The van der Waals surface area contributed by atoms with Crippen LogP contribution >= 0.6 is 35.0 Å². The topological polar surface area (TPSA) is 42.0 Å². The number of hydrogen-bond donors (Lipinski definition) is 1. The standard InChI is InChI=1S/C13H16Cl2N2OS/c1-2-19-10-5-3-4-9(10)16-13(18)8-6-11(14)17-12(15)7-8/h6-7,9-10H,2-5H2,1H3,(H,16,18). The Hall–Kier alpha value is -0.450. The first kappa shape index (κ1) is 14.9.